The van der Waals surface area contributed by atoms with Gasteiger partial charge in [-0.05, 0) is 6.92 Å². The van der Waals surface area contributed by atoms with Crippen LogP contribution in [0.5, 0.6) is 0 Å². The fourth-order valence-corrected chi connectivity index (χ4v) is 2.21. The van der Waals surface area contributed by atoms with Crippen molar-refractivity contribution in [1.82, 2.24) is 10.3 Å². The number of hydrogen-bond acceptors (Lipinski definition) is 5. The number of methoxy groups -OCH3 is 1. The zero-order chi connectivity index (χ0) is 11.3. The summed E-state index contributed by atoms with van der Waals surface area (Å²) in [6.07, 6.45) is 0. The minimum atomic E-state index is -0.197. The normalized spacial score (nSPS) is 12.5. The maximum Gasteiger partial charge on any atom is 0.319 e. The first-order chi connectivity index (χ1) is 7.13. The molecule has 0 aliphatic heterocycles. The Bertz CT molecular complexity index is 330. The largest absolute Gasteiger partial charge is 0.468 e. The number of aryl methyl sites for hydroxylation is 1. The van der Waals surface area contributed by atoms with Gasteiger partial charge in [-0.25, -0.2) is 4.98 Å². The van der Waals surface area contributed by atoms with Gasteiger partial charge in [0.05, 0.1) is 17.8 Å². The number of carbonyl (C=O) groups excluding carboxylic acids is 1. The molecular formula is C9H13IN2O2S. The third-order valence-electron chi connectivity index (χ3n) is 1.75. The van der Waals surface area contributed by atoms with Crippen molar-refractivity contribution < 1.29 is 9.53 Å². The van der Waals surface area contributed by atoms with Crippen LogP contribution in [0.1, 0.15) is 10.7 Å². The maximum absolute atomic E-state index is 11.1. The summed E-state index contributed by atoms with van der Waals surface area (Å²) in [5.41, 5.74) is 1.02. The fraction of sp³-hybridized carbons (Fsp3) is 0.556. The lowest BCUT2D eigenvalue weighted by Gasteiger charge is -2.07. The molecule has 84 valence electrons. The molecule has 1 N–H and O–H groups in total. The van der Waals surface area contributed by atoms with E-state index in [0.717, 1.165) is 10.7 Å². The van der Waals surface area contributed by atoms with Gasteiger partial charge in [0, 0.05) is 18.5 Å². The molecular weight excluding hydrogens is 327 g/mol. The van der Waals surface area contributed by atoms with Crippen molar-refractivity contribution in [3.05, 3.63) is 16.1 Å². The molecule has 1 heterocycles. The maximum atomic E-state index is 11.1. The first-order valence-corrected chi connectivity index (χ1v) is 6.59. The van der Waals surface area contributed by atoms with Crippen LogP contribution in [0.25, 0.3) is 0 Å². The van der Waals surface area contributed by atoms with Crippen molar-refractivity contribution >= 4 is 39.9 Å². The smallest absolute Gasteiger partial charge is 0.319 e. The molecule has 1 atom stereocenters. The van der Waals surface area contributed by atoms with E-state index >= 15 is 0 Å². The minimum absolute atomic E-state index is 0.146. The van der Waals surface area contributed by atoms with Gasteiger partial charge in [-0.15, -0.1) is 11.3 Å². The van der Waals surface area contributed by atoms with Crippen molar-refractivity contribution in [3.63, 3.8) is 0 Å². The Hall–Kier alpha value is -0.210. The predicted octanol–water partition coefficient (Wildman–Crippen LogP) is 1.52. The average molecular weight is 340 g/mol. The van der Waals surface area contributed by atoms with Gasteiger partial charge in [0.15, 0.2) is 0 Å². The lowest BCUT2D eigenvalue weighted by atomic mass is 10.4. The topological polar surface area (TPSA) is 51.2 Å². The zero-order valence-corrected chi connectivity index (χ0v) is 11.6. The lowest BCUT2D eigenvalue weighted by Crippen LogP contribution is -2.29. The number of nitrogens with zero attached hydrogens (tertiary/aromatic N) is 1. The van der Waals surface area contributed by atoms with E-state index in [1.54, 1.807) is 11.3 Å². The van der Waals surface area contributed by atoms with Gasteiger partial charge in [-0.2, -0.15) is 0 Å². The third-order valence-corrected chi connectivity index (χ3v) is 3.52. The summed E-state index contributed by atoms with van der Waals surface area (Å²) in [6.45, 7) is 3.27. The third kappa shape index (κ3) is 4.43. The number of nitrogens with one attached hydrogen (secondary N) is 1. The Morgan fingerprint density at radius 1 is 1.80 bits per heavy atom. The number of esters is 1. The molecule has 0 amide bonds. The highest BCUT2D eigenvalue weighted by Crippen LogP contribution is 2.07. The van der Waals surface area contributed by atoms with E-state index < -0.39 is 0 Å². The summed E-state index contributed by atoms with van der Waals surface area (Å²) >= 11 is 3.69. The van der Waals surface area contributed by atoms with E-state index in [1.165, 1.54) is 7.11 Å². The second-order valence-electron chi connectivity index (χ2n) is 2.98. The summed E-state index contributed by atoms with van der Waals surface area (Å²) in [5, 5.41) is 6.24. The molecule has 0 radical (unpaired) electrons. The van der Waals surface area contributed by atoms with Crippen LogP contribution < -0.4 is 5.32 Å². The Kier molecular flexibility index (Phi) is 5.48. The van der Waals surface area contributed by atoms with Gasteiger partial charge >= 0.3 is 5.97 Å². The Morgan fingerprint density at radius 2 is 2.53 bits per heavy atom. The number of thiazole rings is 1. The molecule has 6 heteroatoms. The van der Waals surface area contributed by atoms with Crippen molar-refractivity contribution in [2.24, 2.45) is 0 Å². The number of hydrogen-bond donors (Lipinski definition) is 1. The predicted molar refractivity (Wildman–Crippen MR) is 68.4 cm³/mol. The number of aromatic nitrogens is 1. The van der Waals surface area contributed by atoms with E-state index in [1.807, 2.05) is 12.3 Å². The average Bonchev–Trinajstić information content (AvgIpc) is 2.63. The Balaban J connectivity index is 2.24. The fourth-order valence-electron chi connectivity index (χ4n) is 1.03. The number of halogens is 1. The van der Waals surface area contributed by atoms with Crippen LogP contribution in [0.2, 0.25) is 0 Å². The monoisotopic (exact) mass is 340 g/mol. The van der Waals surface area contributed by atoms with E-state index in [4.69, 9.17) is 0 Å². The van der Waals surface area contributed by atoms with Gasteiger partial charge < -0.3 is 10.1 Å². The number of rotatable bonds is 5. The number of carbonyl (C=O) groups is 1. The summed E-state index contributed by atoms with van der Waals surface area (Å²) in [5.74, 6) is -0.197. The van der Waals surface area contributed by atoms with Crippen LogP contribution in [0.3, 0.4) is 0 Å². The first-order valence-electron chi connectivity index (χ1n) is 4.47. The molecule has 0 aliphatic carbocycles. The second-order valence-corrected chi connectivity index (χ2v) is 5.55. The second kappa shape index (κ2) is 6.39. The molecule has 0 saturated heterocycles. The highest BCUT2D eigenvalue weighted by molar-refractivity contribution is 14.1. The van der Waals surface area contributed by atoms with Gasteiger partial charge in [0.2, 0.25) is 0 Å². The van der Waals surface area contributed by atoms with E-state index in [9.17, 15) is 4.79 Å². The Labute approximate surface area is 107 Å². The van der Waals surface area contributed by atoms with Crippen LogP contribution in [0.15, 0.2) is 5.38 Å². The van der Waals surface area contributed by atoms with E-state index in [2.05, 4.69) is 37.6 Å². The van der Waals surface area contributed by atoms with Crippen LogP contribution in [-0.4, -0.2) is 28.5 Å². The van der Waals surface area contributed by atoms with Crippen LogP contribution in [0, 0.1) is 6.92 Å². The molecule has 1 unspecified atom stereocenters. The summed E-state index contributed by atoms with van der Waals surface area (Å²) in [7, 11) is 1.40. The van der Waals surface area contributed by atoms with Gasteiger partial charge in [-0.1, -0.05) is 22.6 Å². The van der Waals surface area contributed by atoms with E-state index in [-0.39, 0.29) is 9.89 Å². The summed E-state index contributed by atoms with van der Waals surface area (Å²) < 4.78 is 4.47. The van der Waals surface area contributed by atoms with Crippen LogP contribution in [-0.2, 0) is 16.1 Å². The summed E-state index contributed by atoms with van der Waals surface area (Å²) in [6, 6.07) is 0. The quantitative estimate of drug-likeness (QED) is 0.502. The van der Waals surface area contributed by atoms with E-state index in [0.29, 0.717) is 13.1 Å². The zero-order valence-electron chi connectivity index (χ0n) is 8.62. The molecule has 0 spiro atoms. The van der Waals surface area contributed by atoms with Gasteiger partial charge in [-0.3, -0.25) is 4.79 Å². The van der Waals surface area contributed by atoms with Crippen LogP contribution >= 0.6 is 33.9 Å². The van der Waals surface area contributed by atoms with Crippen molar-refractivity contribution in [2.75, 3.05) is 13.7 Å². The minimum Gasteiger partial charge on any atom is -0.468 e. The molecule has 15 heavy (non-hydrogen) atoms. The van der Waals surface area contributed by atoms with Crippen molar-refractivity contribution in [3.8, 4) is 0 Å². The molecule has 0 aliphatic rings. The molecule has 0 saturated carbocycles. The molecule has 0 bridgehead atoms. The van der Waals surface area contributed by atoms with Gasteiger partial charge in [0.25, 0.3) is 0 Å². The first kappa shape index (κ1) is 12.9. The van der Waals surface area contributed by atoms with Crippen molar-refractivity contribution in [1.29, 1.82) is 0 Å². The molecule has 0 fully saturated rings. The molecule has 4 nitrogen and oxygen atoms in total. The standard InChI is InChI=1S/C9H13IN2O2S/c1-6-12-7(5-15-6)3-11-4-8(10)9(13)14-2/h5,8,11H,3-4H2,1-2H3. The molecule has 1 rings (SSSR count). The van der Waals surface area contributed by atoms with Gasteiger partial charge in [0.1, 0.15) is 3.92 Å². The molecule has 1 aromatic rings. The molecule has 1 aromatic heterocycles. The highest BCUT2D eigenvalue weighted by Gasteiger charge is 2.13. The number of ether oxygens (including phenoxy) is 1. The van der Waals surface area contributed by atoms with Crippen LogP contribution in [0.4, 0.5) is 0 Å². The molecule has 0 aromatic carbocycles. The van der Waals surface area contributed by atoms with Crippen molar-refractivity contribution in [2.45, 2.75) is 17.4 Å². The number of alkyl halides is 1. The SMILES string of the molecule is COC(=O)C(I)CNCc1csc(C)n1. The Morgan fingerprint density at radius 3 is 3.07 bits per heavy atom. The summed E-state index contributed by atoms with van der Waals surface area (Å²) in [4.78, 5) is 15.4. The highest BCUT2D eigenvalue weighted by atomic mass is 127. The lowest BCUT2D eigenvalue weighted by molar-refractivity contribution is -0.139.